The van der Waals surface area contributed by atoms with Gasteiger partial charge in [-0.3, -0.25) is 0 Å². The lowest BCUT2D eigenvalue weighted by molar-refractivity contribution is 0.0676. The maximum Gasteiger partial charge on any atom is 0.0589 e. The van der Waals surface area contributed by atoms with Crippen LogP contribution >= 0.6 is 0 Å². The Kier molecular flexibility index (Phi) is 8.79. The van der Waals surface area contributed by atoms with Gasteiger partial charge in [-0.1, -0.05) is 20.3 Å². The molecule has 4 heteroatoms. The molecular weight excluding hydrogens is 264 g/mol. The first-order valence-electron chi connectivity index (χ1n) is 8.42. The average molecular weight is 300 g/mol. The first-order chi connectivity index (χ1) is 10.0. The molecule has 0 aromatic heterocycles. The fourth-order valence-corrected chi connectivity index (χ4v) is 3.88. The zero-order chi connectivity index (χ0) is 15.7. The van der Waals surface area contributed by atoms with Gasteiger partial charge < -0.3 is 19.7 Å². The Labute approximate surface area is 131 Å². The molecule has 0 aliphatic heterocycles. The van der Waals surface area contributed by atoms with E-state index in [-0.39, 0.29) is 0 Å². The van der Waals surface area contributed by atoms with Gasteiger partial charge in [-0.2, -0.15) is 0 Å². The molecule has 0 heterocycles. The number of nitrogens with one attached hydrogen (secondary N) is 1. The van der Waals surface area contributed by atoms with Crippen molar-refractivity contribution in [2.75, 3.05) is 54.1 Å². The summed E-state index contributed by atoms with van der Waals surface area (Å²) < 4.78 is 10.5. The molecule has 0 aromatic rings. The molecule has 1 saturated carbocycles. The van der Waals surface area contributed by atoms with Crippen LogP contribution in [-0.2, 0) is 9.47 Å². The Hall–Kier alpha value is -0.160. The van der Waals surface area contributed by atoms with Gasteiger partial charge in [0, 0.05) is 46.5 Å². The Morgan fingerprint density at radius 1 is 1.14 bits per heavy atom. The third-order valence-corrected chi connectivity index (χ3v) is 4.95. The molecule has 1 rings (SSSR count). The summed E-state index contributed by atoms with van der Waals surface area (Å²) in [6.45, 7) is 9.76. The molecule has 1 N–H and O–H groups in total. The van der Waals surface area contributed by atoms with Crippen LogP contribution in [0.15, 0.2) is 0 Å². The number of nitrogens with zero attached hydrogens (tertiary/aromatic N) is 1. The van der Waals surface area contributed by atoms with Crippen molar-refractivity contribution in [3.63, 3.8) is 0 Å². The molecule has 2 atom stereocenters. The van der Waals surface area contributed by atoms with Crippen molar-refractivity contribution in [2.45, 2.75) is 45.6 Å². The minimum atomic E-state index is 0.400. The molecule has 0 amide bonds. The lowest BCUT2D eigenvalue weighted by Crippen LogP contribution is -2.52. The average Bonchev–Trinajstić information content (AvgIpc) is 2.44. The van der Waals surface area contributed by atoms with E-state index in [1.54, 1.807) is 14.2 Å². The lowest BCUT2D eigenvalue weighted by atomic mass is 9.68. The highest BCUT2D eigenvalue weighted by atomic mass is 16.5. The van der Waals surface area contributed by atoms with E-state index in [1.165, 1.54) is 25.8 Å². The first-order valence-corrected chi connectivity index (χ1v) is 8.42. The third-order valence-electron chi connectivity index (χ3n) is 4.95. The summed E-state index contributed by atoms with van der Waals surface area (Å²) in [4.78, 5) is 2.55. The molecule has 0 radical (unpaired) electrons. The summed E-state index contributed by atoms with van der Waals surface area (Å²) in [5.41, 5.74) is 0.400. The van der Waals surface area contributed by atoms with Crippen molar-refractivity contribution < 1.29 is 9.47 Å². The van der Waals surface area contributed by atoms with Gasteiger partial charge >= 0.3 is 0 Å². The van der Waals surface area contributed by atoms with Crippen molar-refractivity contribution in [3.8, 4) is 0 Å². The molecule has 1 aliphatic rings. The maximum absolute atomic E-state index is 5.27. The number of hydrogen-bond donors (Lipinski definition) is 1. The van der Waals surface area contributed by atoms with Gasteiger partial charge in [0.05, 0.1) is 6.61 Å². The van der Waals surface area contributed by atoms with Gasteiger partial charge in [0.15, 0.2) is 0 Å². The summed E-state index contributed by atoms with van der Waals surface area (Å²) in [7, 11) is 5.68. The van der Waals surface area contributed by atoms with Crippen molar-refractivity contribution in [1.82, 2.24) is 10.2 Å². The van der Waals surface area contributed by atoms with E-state index in [2.05, 4.69) is 31.1 Å². The van der Waals surface area contributed by atoms with E-state index in [4.69, 9.17) is 9.47 Å². The summed E-state index contributed by atoms with van der Waals surface area (Å²) in [5, 5.41) is 3.59. The molecule has 1 fully saturated rings. The summed E-state index contributed by atoms with van der Waals surface area (Å²) >= 11 is 0. The van der Waals surface area contributed by atoms with E-state index in [0.717, 1.165) is 38.6 Å². The molecule has 0 saturated heterocycles. The Bertz CT molecular complexity index is 272. The number of methoxy groups -OCH3 is 2. The largest absolute Gasteiger partial charge is 0.385 e. The van der Waals surface area contributed by atoms with Gasteiger partial charge in [-0.25, -0.2) is 0 Å². The quantitative estimate of drug-likeness (QED) is 0.628. The predicted octanol–water partition coefficient (Wildman–Crippen LogP) is 2.39. The molecule has 21 heavy (non-hydrogen) atoms. The molecule has 0 bridgehead atoms. The van der Waals surface area contributed by atoms with Gasteiger partial charge in [-0.05, 0) is 37.6 Å². The van der Waals surface area contributed by atoms with Gasteiger partial charge in [0.2, 0.25) is 0 Å². The van der Waals surface area contributed by atoms with E-state index in [9.17, 15) is 0 Å². The normalized spacial score (nSPS) is 25.4. The minimum Gasteiger partial charge on any atom is -0.385 e. The van der Waals surface area contributed by atoms with E-state index in [0.29, 0.717) is 11.5 Å². The minimum absolute atomic E-state index is 0.400. The van der Waals surface area contributed by atoms with E-state index in [1.807, 2.05) is 0 Å². The monoisotopic (exact) mass is 300 g/mol. The predicted molar refractivity (Wildman–Crippen MR) is 88.8 cm³/mol. The highest BCUT2D eigenvalue weighted by Crippen LogP contribution is 2.39. The summed E-state index contributed by atoms with van der Waals surface area (Å²) in [5.74, 6) is 0.734. The molecule has 4 nitrogen and oxygen atoms in total. The molecular formula is C17H36N2O2. The van der Waals surface area contributed by atoms with Crippen LogP contribution in [0.1, 0.15) is 39.5 Å². The summed E-state index contributed by atoms with van der Waals surface area (Å²) in [6.07, 6.45) is 5.12. The van der Waals surface area contributed by atoms with E-state index >= 15 is 0 Å². The van der Waals surface area contributed by atoms with Crippen LogP contribution in [-0.4, -0.2) is 65.1 Å². The fourth-order valence-electron chi connectivity index (χ4n) is 3.88. The van der Waals surface area contributed by atoms with Crippen molar-refractivity contribution in [3.05, 3.63) is 0 Å². The van der Waals surface area contributed by atoms with Gasteiger partial charge in [-0.15, -0.1) is 0 Å². The van der Waals surface area contributed by atoms with Crippen LogP contribution in [0.3, 0.4) is 0 Å². The standard InChI is InChI=1S/C17H36N2O2/c1-17(2)9-6-8-15(16(17)18-3)14-19(11-13-21-5)10-7-12-20-4/h15-16,18H,6-14H2,1-5H3. The smallest absolute Gasteiger partial charge is 0.0589 e. The molecule has 0 aromatic carbocycles. The maximum atomic E-state index is 5.27. The molecule has 0 spiro atoms. The van der Waals surface area contributed by atoms with Gasteiger partial charge in [0.1, 0.15) is 0 Å². The zero-order valence-corrected chi connectivity index (χ0v) is 14.8. The van der Waals surface area contributed by atoms with Crippen LogP contribution in [0.5, 0.6) is 0 Å². The fraction of sp³-hybridized carbons (Fsp3) is 1.00. The first kappa shape index (κ1) is 18.9. The Morgan fingerprint density at radius 3 is 2.48 bits per heavy atom. The summed E-state index contributed by atoms with van der Waals surface area (Å²) in [6, 6.07) is 0.610. The van der Waals surface area contributed by atoms with Crippen LogP contribution in [0, 0.1) is 11.3 Å². The van der Waals surface area contributed by atoms with Crippen molar-refractivity contribution >= 4 is 0 Å². The van der Waals surface area contributed by atoms with E-state index < -0.39 is 0 Å². The Balaban J connectivity index is 2.57. The van der Waals surface area contributed by atoms with Gasteiger partial charge in [0.25, 0.3) is 0 Å². The molecule has 2 unspecified atom stereocenters. The lowest BCUT2D eigenvalue weighted by Gasteiger charge is -2.45. The highest BCUT2D eigenvalue weighted by molar-refractivity contribution is 4.93. The SMILES string of the molecule is CNC1C(CN(CCCOC)CCOC)CCCC1(C)C. The van der Waals surface area contributed by atoms with Crippen LogP contribution in [0.2, 0.25) is 0 Å². The molecule has 126 valence electrons. The second-order valence-corrected chi connectivity index (χ2v) is 7.05. The van der Waals surface area contributed by atoms with Crippen LogP contribution in [0.4, 0.5) is 0 Å². The van der Waals surface area contributed by atoms with Crippen molar-refractivity contribution in [2.24, 2.45) is 11.3 Å². The topological polar surface area (TPSA) is 33.7 Å². The number of rotatable bonds is 10. The molecule has 1 aliphatic carbocycles. The van der Waals surface area contributed by atoms with Crippen molar-refractivity contribution in [1.29, 1.82) is 0 Å². The number of ether oxygens (including phenoxy) is 2. The second kappa shape index (κ2) is 9.78. The zero-order valence-electron chi connectivity index (χ0n) is 14.8. The van der Waals surface area contributed by atoms with Crippen LogP contribution in [0.25, 0.3) is 0 Å². The van der Waals surface area contributed by atoms with Crippen LogP contribution < -0.4 is 5.32 Å². The second-order valence-electron chi connectivity index (χ2n) is 7.05. The third kappa shape index (κ3) is 6.23. The Morgan fingerprint density at radius 2 is 1.86 bits per heavy atom. The highest BCUT2D eigenvalue weighted by Gasteiger charge is 2.38. The number of hydrogen-bond acceptors (Lipinski definition) is 4.